The molecule has 0 saturated heterocycles. The van der Waals surface area contributed by atoms with Crippen LogP contribution in [0.4, 0.5) is 0 Å². The van der Waals surface area contributed by atoms with Gasteiger partial charge in [-0.3, -0.25) is 4.79 Å². The van der Waals surface area contributed by atoms with Crippen LogP contribution in [0.3, 0.4) is 0 Å². The van der Waals surface area contributed by atoms with E-state index in [1.807, 2.05) is 30.3 Å². The fraction of sp³-hybridized carbons (Fsp3) is 0.500. The Balaban J connectivity index is -0.000000206. The molecular weight excluding hydrogens is 972 g/mol. The number of carbonyl (C=O) groups excluding carboxylic acids is 1. The maximum atomic E-state index is 10.2. The van der Waals surface area contributed by atoms with Crippen LogP contribution in [0, 0.1) is 28.4 Å². The number of hydrogen-bond acceptors (Lipinski definition) is 10. The van der Waals surface area contributed by atoms with Crippen molar-refractivity contribution >= 4 is 5.91 Å². The zero-order valence-corrected chi connectivity index (χ0v) is 33.1. The van der Waals surface area contributed by atoms with Gasteiger partial charge in [-0.15, -0.1) is 0 Å². The normalized spacial score (nSPS) is 11.4. The first-order valence-electron chi connectivity index (χ1n) is 9.86. The van der Waals surface area contributed by atoms with E-state index >= 15 is 0 Å². The molecule has 198 valence electrons. The van der Waals surface area contributed by atoms with Crippen LogP contribution >= 0.6 is 0 Å². The Labute approximate surface area is 196 Å². The van der Waals surface area contributed by atoms with Crippen LogP contribution in [0.15, 0.2) is 30.3 Å². The third kappa shape index (κ3) is 30.2. The molecule has 2 unspecified atom stereocenters. The number of amides is 1. The summed E-state index contributed by atoms with van der Waals surface area (Å²) in [6.45, 7) is 1.26. The van der Waals surface area contributed by atoms with Crippen LogP contribution in [0.5, 0.6) is 5.75 Å². The standard InChI is InChI=1S/C10H13O3.C7H14NO4.C5H10O3.2Rf/c1-12-7-9(11)8-13-10-5-3-2-4-6-10;1-11-4-6(9)5-12-3-2-7(8)10;1-7-3-5(6)4-8-2;;/h2-6,9,11H,1,7-8H2;6,9H,1-5H2,(H2,8,10);5-6H,1-4H2;;/q2*-1;-2;;. The molecule has 0 aromatic heterocycles. The van der Waals surface area contributed by atoms with E-state index in [0.29, 0.717) is 0 Å². The molecule has 0 bridgehead atoms. The fourth-order valence-corrected chi connectivity index (χ4v) is 1.79. The number of carbonyl (C=O) groups is 1. The Kier molecular flexibility index (Phi) is 31.0. The van der Waals surface area contributed by atoms with Crippen molar-refractivity contribution < 1.29 is 48.5 Å². The van der Waals surface area contributed by atoms with Crippen molar-refractivity contribution in [3.8, 4) is 5.75 Å². The molecule has 0 aliphatic carbocycles. The van der Waals surface area contributed by atoms with Gasteiger partial charge in [0.15, 0.2) is 0 Å². The van der Waals surface area contributed by atoms with Crippen molar-refractivity contribution in [2.45, 2.75) is 24.7 Å². The van der Waals surface area contributed by atoms with Crippen molar-refractivity contribution in [2.24, 2.45) is 5.73 Å². The number of rotatable bonds is 16. The van der Waals surface area contributed by atoms with Crippen molar-refractivity contribution in [1.29, 1.82) is 0 Å². The van der Waals surface area contributed by atoms with Crippen LogP contribution < -0.4 is 10.5 Å². The molecule has 2 atom stereocenters. The first kappa shape index (κ1) is 38.4. The summed E-state index contributed by atoms with van der Waals surface area (Å²) < 4.78 is 27.8. The summed E-state index contributed by atoms with van der Waals surface area (Å²) in [4.78, 5) is 10.2. The smallest absolute Gasteiger partial charge is 0.219 e. The van der Waals surface area contributed by atoms with Gasteiger partial charge in [0.05, 0.1) is 25.4 Å². The molecule has 1 rings (SSSR count). The number of benzene rings is 1. The van der Waals surface area contributed by atoms with Crippen LogP contribution in [-0.4, -0.2) is 85.8 Å². The number of primary amides is 1. The van der Waals surface area contributed by atoms with Crippen LogP contribution in [0.1, 0.15) is 6.42 Å². The fourth-order valence-electron chi connectivity index (χ4n) is 1.79. The minimum atomic E-state index is -0.699. The summed E-state index contributed by atoms with van der Waals surface area (Å²) >= 11 is 0. The molecule has 11 nitrogen and oxygen atoms in total. The molecule has 5 N–H and O–H groups in total. The second kappa shape index (κ2) is 28.2. The molecule has 1 aromatic carbocycles. The van der Waals surface area contributed by atoms with Crippen molar-refractivity contribution in [3.05, 3.63) is 58.8 Å². The molecule has 0 heterocycles. The van der Waals surface area contributed by atoms with Gasteiger partial charge < -0.3 is 49.5 Å². The number of aliphatic hydroxyl groups excluding tert-OH is 3. The molecule has 0 aliphatic heterocycles. The first-order chi connectivity index (χ1) is 15.8. The summed E-state index contributed by atoms with van der Waals surface area (Å²) in [5.74, 6) is 0.323. The molecule has 0 fully saturated rings. The molecule has 0 spiro atoms. The van der Waals surface area contributed by atoms with Crippen LogP contribution in [0.25, 0.3) is 0 Å². The van der Waals surface area contributed by atoms with Gasteiger partial charge in [0.1, 0.15) is 18.5 Å². The molecule has 0 aliphatic rings. The third-order valence-corrected chi connectivity index (χ3v) is 3.23. The molecule has 1 aromatic rings. The molecule has 35 heavy (non-hydrogen) atoms. The van der Waals surface area contributed by atoms with E-state index in [0.717, 1.165) is 5.75 Å². The molecule has 1 amide bonds. The zero-order valence-electron chi connectivity index (χ0n) is 20.3. The zero-order chi connectivity index (χ0) is 25.3. The van der Waals surface area contributed by atoms with Crippen molar-refractivity contribution in [2.75, 3.05) is 46.2 Å². The largest absolute Gasteiger partial charge is 0.553 e. The monoisotopic (exact) mass is 1010 g/mol. The van der Waals surface area contributed by atoms with E-state index in [9.17, 15) is 9.90 Å². The summed E-state index contributed by atoms with van der Waals surface area (Å²) in [5, 5.41) is 26.9. The number of ether oxygens (including phenoxy) is 6. The van der Waals surface area contributed by atoms with E-state index in [1.165, 1.54) is 0 Å². The summed E-state index contributed by atoms with van der Waals surface area (Å²) in [5.41, 5.74) is 4.85. The Morgan fingerprint density at radius 3 is 1.54 bits per heavy atom. The predicted octanol–water partition coefficient (Wildman–Crippen LogP) is 0.246. The third-order valence-electron chi connectivity index (χ3n) is 3.23. The Bertz CT molecular complexity index is 540. The average Bonchev–Trinajstić information content (AvgIpc) is 2.78. The van der Waals surface area contributed by atoms with Gasteiger partial charge in [-0.05, 0) is 12.1 Å². The van der Waals surface area contributed by atoms with E-state index < -0.39 is 24.2 Å². The second-order valence-corrected chi connectivity index (χ2v) is 6.36. The van der Waals surface area contributed by atoms with Gasteiger partial charge in [-0.25, -0.2) is 28.4 Å². The minimum Gasteiger partial charge on any atom is -0.553 e. The second-order valence-electron chi connectivity index (χ2n) is 6.36. The van der Waals surface area contributed by atoms with Crippen molar-refractivity contribution in [1.82, 2.24) is 0 Å². The summed E-state index contributed by atoms with van der Waals surface area (Å²) in [6.07, 6.45) is -1.77. The van der Waals surface area contributed by atoms with Gasteiger partial charge in [-0.1, -0.05) is 18.2 Å². The number of para-hydroxylation sites is 1. The number of hydrogen-bond donors (Lipinski definition) is 4. The molecule has 0 radical (unpaired) electrons. The first-order valence-corrected chi connectivity index (χ1v) is 9.86. The maximum absolute atomic E-state index is 10.2. The van der Waals surface area contributed by atoms with E-state index in [2.05, 4.69) is 47.4 Å². The van der Waals surface area contributed by atoms with E-state index in [4.69, 9.17) is 25.4 Å². The van der Waals surface area contributed by atoms with Gasteiger partial charge in [0, 0.05) is 32.8 Å². The van der Waals surface area contributed by atoms with Crippen molar-refractivity contribution in [3.63, 3.8) is 0 Å². The average molecular weight is 1010 g/mol. The SMILES string of the molecule is [CH2-]OCC(O)COCCC(N)=O.[CH2-]OCC(O)CO[CH2-].[CH2-]OCC(O)COc1ccccc1.[Rf].[Rf]. The van der Waals surface area contributed by atoms with E-state index in [-0.39, 0.29) is 52.7 Å². The van der Waals surface area contributed by atoms with E-state index in [1.54, 1.807) is 0 Å². The topological polar surface area (TPSA) is 159 Å². The molecule has 13 heteroatoms. The Morgan fingerprint density at radius 2 is 1.14 bits per heavy atom. The summed E-state index contributed by atoms with van der Waals surface area (Å²) in [6, 6.07) is 9.32. The Morgan fingerprint density at radius 1 is 0.743 bits per heavy atom. The molecule has 0 saturated carbocycles. The summed E-state index contributed by atoms with van der Waals surface area (Å²) in [7, 11) is 12.4. The van der Waals surface area contributed by atoms with Crippen LogP contribution in [-0.2, 0) is 28.5 Å². The minimum absolute atomic E-state index is 0. The van der Waals surface area contributed by atoms with Gasteiger partial charge in [-0.2, -0.15) is 0 Å². The van der Waals surface area contributed by atoms with Gasteiger partial charge >= 0.3 is 0 Å². The Hall–Kier alpha value is -3.83. The molecular formula is C22H37NO10Rf2-4. The number of nitrogens with two attached hydrogens (primary N) is 1. The number of aliphatic hydroxyl groups is 3. The predicted molar refractivity (Wildman–Crippen MR) is 120 cm³/mol. The van der Waals surface area contributed by atoms with Crippen LogP contribution in [0.2, 0.25) is 0 Å². The quantitative estimate of drug-likeness (QED) is 0.134. The van der Waals surface area contributed by atoms with Gasteiger partial charge in [0.25, 0.3) is 0 Å². The maximum Gasteiger partial charge on any atom is 0.219 e. The van der Waals surface area contributed by atoms with Gasteiger partial charge in [0.2, 0.25) is 5.91 Å².